The predicted octanol–water partition coefficient (Wildman–Crippen LogP) is 1.26. The van der Waals surface area contributed by atoms with Crippen molar-refractivity contribution in [2.24, 2.45) is 0 Å². The molecule has 1 amide bonds. The van der Waals surface area contributed by atoms with Crippen LogP contribution < -0.4 is 0 Å². The first-order valence-corrected chi connectivity index (χ1v) is 5.93. The van der Waals surface area contributed by atoms with Crippen LogP contribution in [0.3, 0.4) is 0 Å². The molecule has 1 aromatic carbocycles. The first-order valence-electron chi connectivity index (χ1n) is 4.61. The van der Waals surface area contributed by atoms with E-state index >= 15 is 0 Å². The quantitative estimate of drug-likeness (QED) is 0.561. The van der Waals surface area contributed by atoms with Gasteiger partial charge in [-0.15, -0.1) is 0 Å². The van der Waals surface area contributed by atoms with Gasteiger partial charge in [0, 0.05) is 11.3 Å². The monoisotopic (exact) mass is 224 g/mol. The van der Waals surface area contributed by atoms with Gasteiger partial charge in [-0.05, 0) is 5.56 Å². The molecule has 1 fully saturated rings. The molecule has 1 aliphatic rings. The molecule has 0 radical (unpaired) electrons. The average Bonchev–Trinajstić information content (AvgIpc) is 2.48. The van der Waals surface area contributed by atoms with E-state index in [1.807, 2.05) is 30.3 Å². The second-order valence-corrected chi connectivity index (χ2v) is 4.82. The van der Waals surface area contributed by atoms with E-state index in [2.05, 4.69) is 0 Å². The summed E-state index contributed by atoms with van der Waals surface area (Å²) in [5.74, 6) is 0.150. The van der Waals surface area contributed by atoms with Crippen LogP contribution in [0.5, 0.6) is 0 Å². The van der Waals surface area contributed by atoms with E-state index in [0.29, 0.717) is 11.2 Å². The van der Waals surface area contributed by atoms with Crippen molar-refractivity contribution < 1.29 is 14.1 Å². The minimum atomic E-state index is -1.63. The molecule has 15 heavy (non-hydrogen) atoms. The van der Waals surface area contributed by atoms with Gasteiger partial charge in [-0.2, -0.15) is 4.79 Å². The number of nitroso groups, excluding NO2 is 1. The zero-order chi connectivity index (χ0) is 10.8. The minimum absolute atomic E-state index is 0.150. The van der Waals surface area contributed by atoms with Crippen molar-refractivity contribution in [3.63, 3.8) is 0 Å². The zero-order valence-corrected chi connectivity index (χ0v) is 8.78. The maximum absolute atomic E-state index is 11.3. The lowest BCUT2D eigenvalue weighted by Crippen LogP contribution is -2.23. The van der Waals surface area contributed by atoms with Crippen LogP contribution in [0, 0.1) is 4.91 Å². The highest BCUT2D eigenvalue weighted by Gasteiger charge is 2.54. The molecular weight excluding hydrogens is 214 g/mol. The highest BCUT2D eigenvalue weighted by Crippen LogP contribution is 2.17. The number of carbonyl (C=O) groups excluding carboxylic acids is 1. The average molecular weight is 224 g/mol. The smallest absolute Gasteiger partial charge is 0.604 e. The van der Waals surface area contributed by atoms with E-state index < -0.39 is 22.5 Å². The highest BCUT2D eigenvalue weighted by molar-refractivity contribution is 8.05. The van der Waals surface area contributed by atoms with Crippen molar-refractivity contribution in [2.45, 2.75) is 12.5 Å². The van der Waals surface area contributed by atoms with Gasteiger partial charge in [-0.1, -0.05) is 30.3 Å². The third-order valence-corrected chi connectivity index (χ3v) is 3.62. The molecule has 2 rings (SSSR count). The predicted molar refractivity (Wildman–Crippen MR) is 56.0 cm³/mol. The molecule has 0 spiro atoms. The van der Waals surface area contributed by atoms with Crippen molar-refractivity contribution in [2.75, 3.05) is 5.75 Å². The van der Waals surface area contributed by atoms with E-state index in [4.69, 9.17) is 0 Å². The summed E-state index contributed by atoms with van der Waals surface area (Å²) < 4.78 is 11.5. The van der Waals surface area contributed by atoms with E-state index in [1.165, 1.54) is 0 Å². The van der Waals surface area contributed by atoms with Gasteiger partial charge in [-0.25, -0.2) is 0 Å². The Balaban J connectivity index is 2.09. The van der Waals surface area contributed by atoms with Crippen molar-refractivity contribution in [3.05, 3.63) is 40.8 Å². The van der Waals surface area contributed by atoms with Crippen molar-refractivity contribution in [3.8, 4) is 0 Å². The minimum Gasteiger partial charge on any atom is -0.604 e. The Morgan fingerprint density at radius 3 is 2.60 bits per heavy atom. The number of hydrogen-bond acceptors (Lipinski definition) is 3. The Hall–Kier alpha value is -1.20. The molecule has 1 aliphatic heterocycles. The fourth-order valence-corrected chi connectivity index (χ4v) is 2.69. The standard InChI is InChI=1S/C10H10NO3S/c12-10-11(13)9(7-15(10)14)6-8-4-2-1-3-5-8/h1-5,9H,6-7H2/q+1/t9-,15?/m0/s1. The molecule has 1 heterocycles. The Kier molecular flexibility index (Phi) is 2.83. The zero-order valence-electron chi connectivity index (χ0n) is 7.96. The van der Waals surface area contributed by atoms with E-state index in [9.17, 15) is 14.3 Å². The van der Waals surface area contributed by atoms with Crippen molar-refractivity contribution >= 4 is 16.4 Å². The molecule has 0 aliphatic carbocycles. The maximum Gasteiger partial charge on any atom is 0.645 e. The largest absolute Gasteiger partial charge is 0.645 e. The van der Waals surface area contributed by atoms with Gasteiger partial charge in [0.2, 0.25) is 0 Å². The Morgan fingerprint density at radius 2 is 2.07 bits per heavy atom. The van der Waals surface area contributed by atoms with Gasteiger partial charge in [0.15, 0.2) is 5.75 Å². The van der Waals surface area contributed by atoms with Crippen molar-refractivity contribution in [1.29, 1.82) is 0 Å². The fraction of sp³-hybridized carbons (Fsp3) is 0.300. The number of nitrogens with zero attached hydrogens (tertiary/aromatic N) is 1. The Bertz CT molecular complexity index is 393. The number of carbonyl (C=O) groups is 1. The van der Waals surface area contributed by atoms with Crippen molar-refractivity contribution in [1.82, 2.24) is 0 Å². The van der Waals surface area contributed by atoms with Crippen LogP contribution in [0.4, 0.5) is 4.79 Å². The molecule has 0 aromatic heterocycles. The van der Waals surface area contributed by atoms with Crippen LogP contribution >= 0.6 is 0 Å². The summed E-state index contributed by atoms with van der Waals surface area (Å²) in [6.07, 6.45) is 0.474. The Morgan fingerprint density at radius 1 is 1.40 bits per heavy atom. The summed E-state index contributed by atoms with van der Waals surface area (Å²) in [7, 11) is 0. The summed E-state index contributed by atoms with van der Waals surface area (Å²) in [4.78, 5) is 22.3. The van der Waals surface area contributed by atoms with Crippen LogP contribution in [0.15, 0.2) is 30.3 Å². The van der Waals surface area contributed by atoms with E-state index in [1.54, 1.807) is 0 Å². The molecule has 1 unspecified atom stereocenters. The lowest BCUT2D eigenvalue weighted by Gasteiger charge is -1.98. The van der Waals surface area contributed by atoms with Gasteiger partial charge >= 0.3 is 5.24 Å². The molecule has 2 atom stereocenters. The van der Waals surface area contributed by atoms with Crippen LogP contribution in [0.25, 0.3) is 0 Å². The van der Waals surface area contributed by atoms with Gasteiger partial charge in [0.05, 0.1) is 0 Å². The highest BCUT2D eigenvalue weighted by atomic mass is 32.2. The normalized spacial score (nSPS) is 25.9. The van der Waals surface area contributed by atoms with E-state index in [0.717, 1.165) is 5.56 Å². The summed E-state index contributed by atoms with van der Waals surface area (Å²) in [6.45, 7) is 0. The molecular formula is C10H10NO3S+. The molecule has 1 aromatic rings. The summed E-state index contributed by atoms with van der Waals surface area (Å²) in [5.41, 5.74) is 0.982. The second-order valence-electron chi connectivity index (χ2n) is 3.45. The molecule has 4 nitrogen and oxygen atoms in total. The van der Waals surface area contributed by atoms with Crippen LogP contribution in [0.2, 0.25) is 0 Å². The summed E-state index contributed by atoms with van der Waals surface area (Å²) in [6, 6.07) is 8.94. The molecule has 0 bridgehead atoms. The maximum atomic E-state index is 11.3. The van der Waals surface area contributed by atoms with Crippen LogP contribution in [-0.4, -0.2) is 26.3 Å². The third-order valence-electron chi connectivity index (χ3n) is 2.36. The fourth-order valence-electron chi connectivity index (χ4n) is 1.59. The third kappa shape index (κ3) is 2.08. The molecule has 0 saturated carbocycles. The second kappa shape index (κ2) is 4.12. The van der Waals surface area contributed by atoms with Gasteiger partial charge in [0.1, 0.15) is 15.9 Å². The molecule has 0 N–H and O–H groups in total. The Labute approximate surface area is 90.0 Å². The number of benzene rings is 1. The summed E-state index contributed by atoms with van der Waals surface area (Å²) >= 11 is -1.63. The van der Waals surface area contributed by atoms with Crippen LogP contribution in [-0.2, 0) is 17.6 Å². The number of rotatable bonds is 2. The molecule has 1 saturated heterocycles. The molecule has 78 valence electrons. The lowest BCUT2D eigenvalue weighted by atomic mass is 10.1. The lowest BCUT2D eigenvalue weighted by molar-refractivity contribution is -0.471. The van der Waals surface area contributed by atoms with Gasteiger partial charge in [-0.3, -0.25) is 0 Å². The SMILES string of the molecule is O=C1[N+](=O)[C@@H](Cc2ccccc2)C[S+]1[O-]. The summed E-state index contributed by atoms with van der Waals surface area (Å²) in [5, 5.41) is -0.795. The molecule has 5 heteroatoms. The first-order chi connectivity index (χ1) is 7.18. The van der Waals surface area contributed by atoms with Gasteiger partial charge < -0.3 is 4.55 Å². The number of amides is 1. The van der Waals surface area contributed by atoms with Gasteiger partial charge in [0.25, 0.3) is 6.04 Å². The van der Waals surface area contributed by atoms with Crippen LogP contribution in [0.1, 0.15) is 5.56 Å². The number of hydrogen-bond donors (Lipinski definition) is 0. The topological polar surface area (TPSA) is 60.2 Å². The van der Waals surface area contributed by atoms with E-state index in [-0.39, 0.29) is 5.75 Å². The first kappa shape index (κ1) is 10.3.